The second-order valence-corrected chi connectivity index (χ2v) is 7.61. The Morgan fingerprint density at radius 1 is 0.857 bits per heavy atom. The first kappa shape index (κ1) is 20.1. The third kappa shape index (κ3) is 4.20. The molecule has 2 aromatic rings. The molecule has 0 saturated carbocycles. The molecule has 2 saturated heterocycles. The highest BCUT2D eigenvalue weighted by molar-refractivity contribution is 6.30. The van der Waals surface area contributed by atoms with Crippen LogP contribution >= 0.6 is 23.2 Å². The fourth-order valence-electron chi connectivity index (χ4n) is 3.42. The molecule has 4 rings (SSSR count). The van der Waals surface area contributed by atoms with Gasteiger partial charge in [0.25, 0.3) is 0 Å². The second kappa shape index (κ2) is 8.65. The molecule has 0 radical (unpaired) electrons. The van der Waals surface area contributed by atoms with Crippen LogP contribution in [0, 0.1) is 0 Å². The molecule has 6 atom stereocenters. The molecule has 2 unspecified atom stereocenters. The Hall–Kier alpha value is -1.22. The summed E-state index contributed by atoms with van der Waals surface area (Å²) >= 11 is 12.1. The molecule has 0 aromatic heterocycles. The zero-order valence-electron chi connectivity index (χ0n) is 14.8. The second-order valence-electron chi connectivity index (χ2n) is 6.73. The van der Waals surface area contributed by atoms with Gasteiger partial charge in [0, 0.05) is 21.2 Å². The van der Waals surface area contributed by atoms with Crippen molar-refractivity contribution >= 4 is 23.2 Å². The summed E-state index contributed by atoms with van der Waals surface area (Å²) in [6.07, 6.45) is -4.74. The zero-order chi connectivity index (χ0) is 19.7. The molecule has 2 fully saturated rings. The number of fused-ring (bicyclic) bond motifs is 1. The van der Waals surface area contributed by atoms with Crippen molar-refractivity contribution in [3.8, 4) is 0 Å². The van der Waals surface area contributed by atoms with Crippen LogP contribution in [0.3, 0.4) is 0 Å². The summed E-state index contributed by atoms with van der Waals surface area (Å²) in [7, 11) is 0. The maximum absolute atomic E-state index is 10.6. The number of ether oxygens (including phenoxy) is 4. The number of rotatable bonds is 3. The van der Waals surface area contributed by atoms with Crippen LogP contribution in [0.2, 0.25) is 10.0 Å². The van der Waals surface area contributed by atoms with Gasteiger partial charge in [-0.15, -0.1) is 0 Å². The Balaban J connectivity index is 1.60. The first-order valence-electron chi connectivity index (χ1n) is 8.93. The Labute approximate surface area is 172 Å². The summed E-state index contributed by atoms with van der Waals surface area (Å²) in [6, 6.07) is 14.1. The summed E-state index contributed by atoms with van der Waals surface area (Å²) in [4.78, 5) is 0. The number of hydrogen-bond acceptors (Lipinski definition) is 6. The van der Waals surface area contributed by atoms with E-state index in [1.807, 2.05) is 6.07 Å². The maximum Gasteiger partial charge on any atom is 0.185 e. The van der Waals surface area contributed by atoms with Crippen LogP contribution in [0.25, 0.3) is 0 Å². The third-order valence-corrected chi connectivity index (χ3v) is 5.24. The molecule has 0 amide bonds. The quantitative estimate of drug-likeness (QED) is 0.784. The van der Waals surface area contributed by atoms with E-state index < -0.39 is 37.0 Å². The molecule has 28 heavy (non-hydrogen) atoms. The zero-order valence-corrected chi connectivity index (χ0v) is 16.3. The van der Waals surface area contributed by atoms with Crippen molar-refractivity contribution in [2.75, 3.05) is 13.2 Å². The van der Waals surface area contributed by atoms with Gasteiger partial charge in [0.2, 0.25) is 0 Å². The lowest BCUT2D eigenvalue weighted by molar-refractivity contribution is -0.322. The minimum atomic E-state index is -0.964. The molecule has 2 aliphatic heterocycles. The van der Waals surface area contributed by atoms with Gasteiger partial charge in [-0.05, 0) is 24.3 Å². The monoisotopic (exact) mass is 426 g/mol. The Kier molecular flexibility index (Phi) is 6.20. The van der Waals surface area contributed by atoms with E-state index in [2.05, 4.69) is 0 Å². The van der Waals surface area contributed by atoms with Crippen molar-refractivity contribution < 1.29 is 29.2 Å². The Morgan fingerprint density at radius 2 is 1.46 bits per heavy atom. The van der Waals surface area contributed by atoms with Crippen LogP contribution in [0.1, 0.15) is 23.7 Å². The molecule has 8 heteroatoms. The number of benzene rings is 2. The first-order valence-corrected chi connectivity index (χ1v) is 9.68. The number of hydrogen-bond donors (Lipinski definition) is 2. The minimum Gasteiger partial charge on any atom is -0.394 e. The lowest BCUT2D eigenvalue weighted by Crippen LogP contribution is -2.54. The topological polar surface area (TPSA) is 77.4 Å². The van der Waals surface area contributed by atoms with E-state index in [1.165, 1.54) is 0 Å². The van der Waals surface area contributed by atoms with Crippen LogP contribution in [-0.4, -0.2) is 47.8 Å². The summed E-state index contributed by atoms with van der Waals surface area (Å²) in [5.74, 6) is 0. The summed E-state index contributed by atoms with van der Waals surface area (Å²) in [5, 5.41) is 21.6. The minimum absolute atomic E-state index is 0.00123. The van der Waals surface area contributed by atoms with E-state index in [9.17, 15) is 10.2 Å². The van der Waals surface area contributed by atoms with Gasteiger partial charge in [-0.1, -0.05) is 47.5 Å². The van der Waals surface area contributed by atoms with Crippen molar-refractivity contribution in [2.24, 2.45) is 0 Å². The molecule has 150 valence electrons. The predicted molar refractivity (Wildman–Crippen MR) is 102 cm³/mol. The Morgan fingerprint density at radius 3 is 2.07 bits per heavy atom. The van der Waals surface area contributed by atoms with E-state index in [0.29, 0.717) is 21.2 Å². The molecular weight excluding hydrogens is 407 g/mol. The average molecular weight is 427 g/mol. The van der Waals surface area contributed by atoms with Crippen molar-refractivity contribution in [3.05, 3.63) is 69.7 Å². The van der Waals surface area contributed by atoms with Crippen LogP contribution in [-0.2, 0) is 18.9 Å². The van der Waals surface area contributed by atoms with Gasteiger partial charge in [0.05, 0.1) is 13.2 Å². The standard InChI is InChI=1S/C20H20Cl2O6/c21-13-5-1-3-11(7-13)19-25-10-15(24)17-18(28-19)16(9-23)26-20(27-17)12-4-2-6-14(22)8-12/h1-8,15-20,23-24H,9-10H2/t15-,16+,17+,18+,19?,20?/m0/s1. The van der Waals surface area contributed by atoms with Crippen molar-refractivity contribution in [3.63, 3.8) is 0 Å². The highest BCUT2D eigenvalue weighted by Crippen LogP contribution is 2.38. The lowest BCUT2D eigenvalue weighted by atomic mass is 10.0. The lowest BCUT2D eigenvalue weighted by Gasteiger charge is -2.41. The fourth-order valence-corrected chi connectivity index (χ4v) is 3.82. The molecular formula is C20H20Cl2O6. The Bertz CT molecular complexity index is 775. The molecule has 0 spiro atoms. The number of halogens is 2. The van der Waals surface area contributed by atoms with E-state index in [-0.39, 0.29) is 13.2 Å². The van der Waals surface area contributed by atoms with E-state index >= 15 is 0 Å². The van der Waals surface area contributed by atoms with Crippen molar-refractivity contribution in [1.29, 1.82) is 0 Å². The third-order valence-electron chi connectivity index (χ3n) is 4.77. The van der Waals surface area contributed by atoms with Gasteiger partial charge in [0.1, 0.15) is 24.4 Å². The average Bonchev–Trinajstić information content (AvgIpc) is 2.86. The predicted octanol–water partition coefficient (Wildman–Crippen LogP) is 3.24. The first-order chi connectivity index (χ1) is 13.5. The number of aliphatic hydroxyl groups excluding tert-OH is 2. The van der Waals surface area contributed by atoms with E-state index in [4.69, 9.17) is 42.1 Å². The molecule has 2 aliphatic rings. The van der Waals surface area contributed by atoms with Gasteiger partial charge >= 0.3 is 0 Å². The molecule has 6 nitrogen and oxygen atoms in total. The SMILES string of the molecule is OC[C@H]1OC(c2cccc(Cl)c2)O[C@H]2[C@@H]1OC(c1cccc(Cl)c1)OC[C@@H]2O. The van der Waals surface area contributed by atoms with Crippen LogP contribution < -0.4 is 0 Å². The highest BCUT2D eigenvalue weighted by atomic mass is 35.5. The maximum atomic E-state index is 10.6. The van der Waals surface area contributed by atoms with Gasteiger partial charge in [0.15, 0.2) is 12.6 Å². The van der Waals surface area contributed by atoms with Gasteiger partial charge in [-0.2, -0.15) is 0 Å². The molecule has 2 N–H and O–H groups in total. The van der Waals surface area contributed by atoms with Crippen LogP contribution in [0.15, 0.2) is 48.5 Å². The molecule has 2 heterocycles. The largest absolute Gasteiger partial charge is 0.394 e. The van der Waals surface area contributed by atoms with Gasteiger partial charge < -0.3 is 29.2 Å². The molecule has 2 aromatic carbocycles. The number of aliphatic hydroxyl groups is 2. The van der Waals surface area contributed by atoms with Gasteiger partial charge in [-0.25, -0.2) is 0 Å². The highest BCUT2D eigenvalue weighted by Gasteiger charge is 2.47. The van der Waals surface area contributed by atoms with Crippen molar-refractivity contribution in [1.82, 2.24) is 0 Å². The van der Waals surface area contributed by atoms with E-state index in [0.717, 1.165) is 0 Å². The van der Waals surface area contributed by atoms with Gasteiger partial charge in [-0.3, -0.25) is 0 Å². The smallest absolute Gasteiger partial charge is 0.185 e. The molecule has 0 bridgehead atoms. The fraction of sp³-hybridized carbons (Fsp3) is 0.400. The summed E-state index contributed by atoms with van der Waals surface area (Å²) in [5.41, 5.74) is 1.39. The summed E-state index contributed by atoms with van der Waals surface area (Å²) < 4.78 is 23.7. The normalized spacial score (nSPS) is 33.1. The van der Waals surface area contributed by atoms with Crippen LogP contribution in [0.4, 0.5) is 0 Å². The molecule has 0 aliphatic carbocycles. The summed E-state index contributed by atoms with van der Waals surface area (Å²) in [6.45, 7) is -0.310. The van der Waals surface area contributed by atoms with Crippen molar-refractivity contribution in [2.45, 2.75) is 37.0 Å². The van der Waals surface area contributed by atoms with Crippen LogP contribution in [0.5, 0.6) is 0 Å². The van der Waals surface area contributed by atoms with E-state index in [1.54, 1.807) is 42.5 Å².